The third-order valence-electron chi connectivity index (χ3n) is 3.39. The monoisotopic (exact) mass is 288 g/mol. The summed E-state index contributed by atoms with van der Waals surface area (Å²) >= 11 is 6.09. The Balaban J connectivity index is 2.33. The number of benzene rings is 2. The minimum Gasteiger partial charge on any atom is -0.320 e. The van der Waals surface area contributed by atoms with Crippen molar-refractivity contribution in [2.75, 3.05) is 14.1 Å². The van der Waals surface area contributed by atoms with Crippen molar-refractivity contribution in [3.63, 3.8) is 0 Å². The van der Waals surface area contributed by atoms with E-state index in [9.17, 15) is 0 Å². The number of aryl methyl sites for hydroxylation is 1. The molecule has 0 aromatic heterocycles. The lowest BCUT2D eigenvalue weighted by Crippen LogP contribution is -2.15. The van der Waals surface area contributed by atoms with E-state index in [1.165, 1.54) is 11.1 Å². The lowest BCUT2D eigenvalue weighted by atomic mass is 9.94. The molecule has 0 spiro atoms. The van der Waals surface area contributed by atoms with Crippen LogP contribution < -0.4 is 5.73 Å². The van der Waals surface area contributed by atoms with Crippen molar-refractivity contribution in [1.82, 2.24) is 4.90 Å². The average molecular weight is 289 g/mol. The third-order valence-corrected chi connectivity index (χ3v) is 3.62. The number of hydrogen-bond donors (Lipinski definition) is 1. The Morgan fingerprint density at radius 1 is 1.15 bits per heavy atom. The first-order valence-electron chi connectivity index (χ1n) is 6.72. The number of hydrogen-bond acceptors (Lipinski definition) is 2. The van der Waals surface area contributed by atoms with Crippen LogP contribution in [0.3, 0.4) is 0 Å². The van der Waals surface area contributed by atoms with E-state index in [-0.39, 0.29) is 6.04 Å². The molecule has 0 aliphatic heterocycles. The van der Waals surface area contributed by atoms with E-state index in [1.807, 2.05) is 18.2 Å². The summed E-state index contributed by atoms with van der Waals surface area (Å²) in [6.45, 7) is 2.98. The van der Waals surface area contributed by atoms with E-state index in [2.05, 4.69) is 50.2 Å². The van der Waals surface area contributed by atoms with Crippen molar-refractivity contribution in [2.45, 2.75) is 19.5 Å². The SMILES string of the molecule is Cc1ccc(Cl)cc1C(N)c1cccc(CN(C)C)c1. The van der Waals surface area contributed by atoms with E-state index >= 15 is 0 Å². The van der Waals surface area contributed by atoms with Crippen LogP contribution in [0, 0.1) is 6.92 Å². The van der Waals surface area contributed by atoms with Gasteiger partial charge < -0.3 is 10.6 Å². The van der Waals surface area contributed by atoms with Crippen molar-refractivity contribution in [1.29, 1.82) is 0 Å². The van der Waals surface area contributed by atoms with Crippen LogP contribution >= 0.6 is 11.6 Å². The highest BCUT2D eigenvalue weighted by molar-refractivity contribution is 6.30. The lowest BCUT2D eigenvalue weighted by molar-refractivity contribution is 0.402. The Morgan fingerprint density at radius 3 is 2.60 bits per heavy atom. The molecule has 0 saturated heterocycles. The van der Waals surface area contributed by atoms with Crippen molar-refractivity contribution in [3.8, 4) is 0 Å². The molecule has 0 aliphatic carbocycles. The van der Waals surface area contributed by atoms with Crippen LogP contribution in [0.5, 0.6) is 0 Å². The Hall–Kier alpha value is -1.35. The molecule has 2 rings (SSSR count). The summed E-state index contributed by atoms with van der Waals surface area (Å²) in [6, 6.07) is 14.2. The van der Waals surface area contributed by atoms with Gasteiger partial charge in [-0.25, -0.2) is 0 Å². The number of halogens is 1. The van der Waals surface area contributed by atoms with Gasteiger partial charge in [0.25, 0.3) is 0 Å². The highest BCUT2D eigenvalue weighted by Crippen LogP contribution is 2.26. The van der Waals surface area contributed by atoms with Crippen LogP contribution in [-0.2, 0) is 6.54 Å². The zero-order valence-electron chi connectivity index (χ0n) is 12.2. The van der Waals surface area contributed by atoms with Crippen molar-refractivity contribution in [3.05, 3.63) is 69.7 Å². The van der Waals surface area contributed by atoms with Crippen LogP contribution in [0.1, 0.15) is 28.3 Å². The molecule has 2 nitrogen and oxygen atoms in total. The molecule has 0 saturated carbocycles. The molecular formula is C17H21ClN2. The van der Waals surface area contributed by atoms with E-state index in [0.29, 0.717) is 0 Å². The minimum atomic E-state index is -0.143. The predicted molar refractivity (Wildman–Crippen MR) is 86.1 cm³/mol. The van der Waals surface area contributed by atoms with Gasteiger partial charge >= 0.3 is 0 Å². The van der Waals surface area contributed by atoms with Gasteiger partial charge in [0.05, 0.1) is 6.04 Å². The summed E-state index contributed by atoms with van der Waals surface area (Å²) in [6.07, 6.45) is 0. The summed E-state index contributed by atoms with van der Waals surface area (Å²) in [4.78, 5) is 2.15. The number of rotatable bonds is 4. The van der Waals surface area contributed by atoms with E-state index < -0.39 is 0 Å². The van der Waals surface area contributed by atoms with Gasteiger partial charge in [0.1, 0.15) is 0 Å². The standard InChI is InChI=1S/C17H21ClN2/c1-12-7-8-15(18)10-16(12)17(19)14-6-4-5-13(9-14)11-20(2)3/h4-10,17H,11,19H2,1-3H3. The summed E-state index contributed by atoms with van der Waals surface area (Å²) < 4.78 is 0. The number of nitrogens with zero attached hydrogens (tertiary/aromatic N) is 1. The zero-order valence-corrected chi connectivity index (χ0v) is 13.0. The molecule has 0 aliphatic rings. The second-order valence-corrected chi connectivity index (χ2v) is 5.90. The van der Waals surface area contributed by atoms with Gasteiger partial charge in [-0.3, -0.25) is 0 Å². The number of nitrogens with two attached hydrogens (primary N) is 1. The molecule has 1 atom stereocenters. The van der Waals surface area contributed by atoms with Crippen molar-refractivity contribution in [2.24, 2.45) is 5.73 Å². The zero-order chi connectivity index (χ0) is 14.7. The molecule has 2 N–H and O–H groups in total. The summed E-state index contributed by atoms with van der Waals surface area (Å²) in [7, 11) is 4.13. The molecular weight excluding hydrogens is 268 g/mol. The van der Waals surface area contributed by atoms with Gasteiger partial charge in [-0.15, -0.1) is 0 Å². The highest BCUT2D eigenvalue weighted by atomic mass is 35.5. The molecule has 20 heavy (non-hydrogen) atoms. The minimum absolute atomic E-state index is 0.143. The van der Waals surface area contributed by atoms with E-state index in [4.69, 9.17) is 17.3 Å². The topological polar surface area (TPSA) is 29.3 Å². The summed E-state index contributed by atoms with van der Waals surface area (Å²) in [5.41, 5.74) is 11.0. The summed E-state index contributed by atoms with van der Waals surface area (Å²) in [5.74, 6) is 0. The van der Waals surface area contributed by atoms with Gasteiger partial charge in [-0.2, -0.15) is 0 Å². The van der Waals surface area contributed by atoms with Crippen molar-refractivity contribution >= 4 is 11.6 Å². The first-order valence-corrected chi connectivity index (χ1v) is 7.10. The third kappa shape index (κ3) is 3.60. The largest absolute Gasteiger partial charge is 0.320 e. The molecule has 1 unspecified atom stereocenters. The first kappa shape index (κ1) is 15.0. The maximum Gasteiger partial charge on any atom is 0.0554 e. The molecule has 0 heterocycles. The maximum atomic E-state index is 6.41. The van der Waals surface area contributed by atoms with Crippen LogP contribution in [0.2, 0.25) is 5.02 Å². The average Bonchev–Trinajstić information content (AvgIpc) is 2.40. The Bertz CT molecular complexity index is 593. The predicted octanol–water partition coefficient (Wildman–Crippen LogP) is 3.76. The normalized spacial score (nSPS) is 12.7. The molecule has 0 radical (unpaired) electrons. The molecule has 0 fully saturated rings. The first-order chi connectivity index (χ1) is 9.47. The second-order valence-electron chi connectivity index (χ2n) is 5.46. The molecule has 0 amide bonds. The smallest absolute Gasteiger partial charge is 0.0554 e. The van der Waals surface area contributed by atoms with Crippen LogP contribution in [0.15, 0.2) is 42.5 Å². The van der Waals surface area contributed by atoms with Gasteiger partial charge in [0.15, 0.2) is 0 Å². The molecule has 0 bridgehead atoms. The van der Waals surface area contributed by atoms with Crippen molar-refractivity contribution < 1.29 is 0 Å². The fourth-order valence-corrected chi connectivity index (χ4v) is 2.56. The quantitative estimate of drug-likeness (QED) is 0.928. The molecule has 106 valence electrons. The maximum absolute atomic E-state index is 6.41. The second kappa shape index (κ2) is 6.40. The molecule has 2 aromatic carbocycles. The fourth-order valence-electron chi connectivity index (χ4n) is 2.38. The van der Waals surface area contributed by atoms with E-state index in [0.717, 1.165) is 22.7 Å². The van der Waals surface area contributed by atoms with Gasteiger partial charge in [0, 0.05) is 11.6 Å². The Labute approximate surface area is 126 Å². The fraction of sp³-hybridized carbons (Fsp3) is 0.294. The highest BCUT2D eigenvalue weighted by Gasteiger charge is 2.12. The molecule has 3 heteroatoms. The molecule has 2 aromatic rings. The van der Waals surface area contributed by atoms with E-state index in [1.54, 1.807) is 0 Å². The lowest BCUT2D eigenvalue weighted by Gasteiger charge is -2.17. The van der Waals surface area contributed by atoms with Gasteiger partial charge in [-0.1, -0.05) is 41.9 Å². The summed E-state index contributed by atoms with van der Waals surface area (Å²) in [5, 5.41) is 0.727. The van der Waals surface area contributed by atoms with Gasteiger partial charge in [0.2, 0.25) is 0 Å². The van der Waals surface area contributed by atoms with Gasteiger partial charge in [-0.05, 0) is 55.4 Å². The van der Waals surface area contributed by atoms with Crippen LogP contribution in [-0.4, -0.2) is 19.0 Å². The Kier molecular flexibility index (Phi) is 4.81. The van der Waals surface area contributed by atoms with Crippen LogP contribution in [0.4, 0.5) is 0 Å². The van der Waals surface area contributed by atoms with Crippen LogP contribution in [0.25, 0.3) is 0 Å². The Morgan fingerprint density at radius 2 is 1.90 bits per heavy atom.